The summed E-state index contributed by atoms with van der Waals surface area (Å²) in [5.41, 5.74) is 8.06. The lowest BCUT2D eigenvalue weighted by molar-refractivity contribution is 0.102. The second-order valence-electron chi connectivity index (χ2n) is 4.72. The van der Waals surface area contributed by atoms with Crippen molar-refractivity contribution >= 4 is 22.6 Å². The molecule has 0 fully saturated rings. The van der Waals surface area contributed by atoms with E-state index in [0.29, 0.717) is 35.7 Å². The Bertz CT molecular complexity index is 797. The Morgan fingerprint density at radius 2 is 2.14 bits per heavy atom. The van der Waals surface area contributed by atoms with E-state index in [0.717, 1.165) is 5.52 Å². The molecular formula is C16H16N4O2. The summed E-state index contributed by atoms with van der Waals surface area (Å²) in [4.78, 5) is 19.6. The molecule has 1 aromatic heterocycles. The average molecular weight is 296 g/mol. The SMILES string of the molecule is NCCOc1cccc(NC(=O)c2cccc3[nH]cnc23)c1. The predicted molar refractivity (Wildman–Crippen MR) is 85.0 cm³/mol. The van der Waals surface area contributed by atoms with E-state index in [9.17, 15) is 4.79 Å². The molecule has 1 amide bonds. The highest BCUT2D eigenvalue weighted by Gasteiger charge is 2.12. The third-order valence-electron chi connectivity index (χ3n) is 3.17. The summed E-state index contributed by atoms with van der Waals surface area (Å²) in [6.45, 7) is 0.877. The number of anilines is 1. The molecule has 2 aromatic carbocycles. The van der Waals surface area contributed by atoms with E-state index < -0.39 is 0 Å². The van der Waals surface area contributed by atoms with Gasteiger partial charge in [-0.25, -0.2) is 4.98 Å². The first-order valence-electron chi connectivity index (χ1n) is 6.94. The van der Waals surface area contributed by atoms with Crippen molar-refractivity contribution in [2.24, 2.45) is 5.73 Å². The number of aromatic amines is 1. The van der Waals surface area contributed by atoms with Gasteiger partial charge in [0, 0.05) is 18.3 Å². The largest absolute Gasteiger partial charge is 0.492 e. The van der Waals surface area contributed by atoms with Gasteiger partial charge in [-0.3, -0.25) is 4.79 Å². The average Bonchev–Trinajstić information content (AvgIpc) is 3.01. The Kier molecular flexibility index (Phi) is 4.02. The summed E-state index contributed by atoms with van der Waals surface area (Å²) >= 11 is 0. The molecule has 6 nitrogen and oxygen atoms in total. The minimum atomic E-state index is -0.214. The molecule has 3 rings (SSSR count). The summed E-state index contributed by atoms with van der Waals surface area (Å²) in [5, 5.41) is 2.85. The highest BCUT2D eigenvalue weighted by atomic mass is 16.5. The molecule has 22 heavy (non-hydrogen) atoms. The number of imidazole rings is 1. The summed E-state index contributed by atoms with van der Waals surface area (Å²) in [6.07, 6.45) is 1.57. The molecule has 0 saturated heterocycles. The van der Waals surface area contributed by atoms with Crippen LogP contribution in [0.1, 0.15) is 10.4 Å². The Morgan fingerprint density at radius 3 is 3.00 bits per heavy atom. The molecule has 0 atom stereocenters. The van der Waals surface area contributed by atoms with Gasteiger partial charge in [0.25, 0.3) is 5.91 Å². The normalized spacial score (nSPS) is 10.6. The van der Waals surface area contributed by atoms with Crippen LogP contribution in [0.5, 0.6) is 5.75 Å². The monoisotopic (exact) mass is 296 g/mol. The number of carbonyl (C=O) groups is 1. The van der Waals surface area contributed by atoms with Gasteiger partial charge in [-0.15, -0.1) is 0 Å². The first kappa shape index (κ1) is 14.1. The predicted octanol–water partition coefficient (Wildman–Crippen LogP) is 2.15. The first-order chi connectivity index (χ1) is 10.8. The topological polar surface area (TPSA) is 93.0 Å². The molecule has 0 unspecified atom stereocenters. The number of hydrogen-bond acceptors (Lipinski definition) is 4. The fourth-order valence-electron chi connectivity index (χ4n) is 2.19. The maximum absolute atomic E-state index is 12.4. The maximum Gasteiger partial charge on any atom is 0.257 e. The molecule has 0 bridgehead atoms. The van der Waals surface area contributed by atoms with E-state index >= 15 is 0 Å². The molecule has 6 heteroatoms. The van der Waals surface area contributed by atoms with Gasteiger partial charge < -0.3 is 20.8 Å². The van der Waals surface area contributed by atoms with E-state index in [1.54, 1.807) is 24.5 Å². The van der Waals surface area contributed by atoms with Gasteiger partial charge in [-0.05, 0) is 24.3 Å². The third-order valence-corrected chi connectivity index (χ3v) is 3.17. The number of fused-ring (bicyclic) bond motifs is 1. The van der Waals surface area contributed by atoms with Crippen LogP contribution in [-0.4, -0.2) is 29.0 Å². The Hall–Kier alpha value is -2.86. The highest BCUT2D eigenvalue weighted by Crippen LogP contribution is 2.20. The standard InChI is InChI=1S/C16H16N4O2/c17-7-8-22-12-4-1-3-11(9-12)20-16(21)13-5-2-6-14-15(13)19-10-18-14/h1-6,9-10H,7-8,17H2,(H,18,19)(H,20,21). The van der Waals surface area contributed by atoms with E-state index in [-0.39, 0.29) is 5.91 Å². The van der Waals surface area contributed by atoms with Crippen molar-refractivity contribution in [3.63, 3.8) is 0 Å². The van der Waals surface area contributed by atoms with Crippen molar-refractivity contribution in [1.82, 2.24) is 9.97 Å². The first-order valence-corrected chi connectivity index (χ1v) is 6.94. The van der Waals surface area contributed by atoms with Gasteiger partial charge in [-0.1, -0.05) is 12.1 Å². The third kappa shape index (κ3) is 2.91. The Labute approximate surface area is 127 Å². The molecule has 0 aliphatic carbocycles. The number of nitrogens with one attached hydrogen (secondary N) is 2. The molecule has 1 heterocycles. The number of nitrogens with two attached hydrogens (primary N) is 1. The number of carbonyl (C=O) groups excluding carboxylic acids is 1. The minimum Gasteiger partial charge on any atom is -0.492 e. The van der Waals surface area contributed by atoms with Crippen molar-refractivity contribution in [2.45, 2.75) is 0 Å². The second-order valence-corrected chi connectivity index (χ2v) is 4.72. The summed E-state index contributed by atoms with van der Waals surface area (Å²) in [5.74, 6) is 0.454. The van der Waals surface area contributed by atoms with Crippen molar-refractivity contribution in [2.75, 3.05) is 18.5 Å². The van der Waals surface area contributed by atoms with Crippen molar-refractivity contribution < 1.29 is 9.53 Å². The van der Waals surface area contributed by atoms with Gasteiger partial charge in [-0.2, -0.15) is 0 Å². The van der Waals surface area contributed by atoms with E-state index in [4.69, 9.17) is 10.5 Å². The molecule has 4 N–H and O–H groups in total. The number of H-pyrrole nitrogens is 1. The molecule has 112 valence electrons. The number of benzene rings is 2. The number of hydrogen-bond donors (Lipinski definition) is 3. The molecular weight excluding hydrogens is 280 g/mol. The molecule has 0 spiro atoms. The lowest BCUT2D eigenvalue weighted by atomic mass is 10.1. The van der Waals surface area contributed by atoms with Crippen LogP contribution in [0.25, 0.3) is 11.0 Å². The zero-order valence-electron chi connectivity index (χ0n) is 11.9. The van der Waals surface area contributed by atoms with Crippen molar-refractivity contribution in [1.29, 1.82) is 0 Å². The van der Waals surface area contributed by atoms with Crippen LogP contribution in [0.2, 0.25) is 0 Å². The summed E-state index contributed by atoms with van der Waals surface area (Å²) in [7, 11) is 0. The van der Waals surface area contributed by atoms with Crippen LogP contribution in [0.15, 0.2) is 48.8 Å². The minimum absolute atomic E-state index is 0.214. The van der Waals surface area contributed by atoms with Crippen LogP contribution in [-0.2, 0) is 0 Å². The molecule has 0 aliphatic rings. The Balaban J connectivity index is 1.81. The highest BCUT2D eigenvalue weighted by molar-refractivity contribution is 6.11. The zero-order valence-corrected chi connectivity index (χ0v) is 11.9. The fourth-order valence-corrected chi connectivity index (χ4v) is 2.19. The number of aromatic nitrogens is 2. The van der Waals surface area contributed by atoms with E-state index in [2.05, 4.69) is 15.3 Å². The van der Waals surface area contributed by atoms with Gasteiger partial charge in [0.2, 0.25) is 0 Å². The quantitative estimate of drug-likeness (QED) is 0.672. The van der Waals surface area contributed by atoms with Gasteiger partial charge in [0.15, 0.2) is 0 Å². The number of ether oxygens (including phenoxy) is 1. The molecule has 0 aliphatic heterocycles. The number of nitrogens with zero attached hydrogens (tertiary/aromatic N) is 1. The van der Waals surface area contributed by atoms with Gasteiger partial charge >= 0.3 is 0 Å². The number of amides is 1. The summed E-state index contributed by atoms with van der Waals surface area (Å²) in [6, 6.07) is 12.6. The smallest absolute Gasteiger partial charge is 0.257 e. The zero-order chi connectivity index (χ0) is 15.4. The van der Waals surface area contributed by atoms with E-state index in [1.165, 1.54) is 0 Å². The van der Waals surface area contributed by atoms with Gasteiger partial charge in [0.1, 0.15) is 17.9 Å². The number of rotatable bonds is 5. The van der Waals surface area contributed by atoms with Gasteiger partial charge in [0.05, 0.1) is 17.4 Å². The Morgan fingerprint density at radius 1 is 1.27 bits per heavy atom. The van der Waals surface area contributed by atoms with Crippen molar-refractivity contribution in [3.05, 3.63) is 54.4 Å². The second kappa shape index (κ2) is 6.28. The molecule has 0 saturated carbocycles. The van der Waals surface area contributed by atoms with Crippen LogP contribution in [0.3, 0.4) is 0 Å². The molecule has 3 aromatic rings. The summed E-state index contributed by atoms with van der Waals surface area (Å²) < 4.78 is 5.45. The van der Waals surface area contributed by atoms with Crippen molar-refractivity contribution in [3.8, 4) is 5.75 Å². The maximum atomic E-state index is 12.4. The van der Waals surface area contributed by atoms with Crippen LogP contribution in [0, 0.1) is 0 Å². The fraction of sp³-hybridized carbons (Fsp3) is 0.125. The lowest BCUT2D eigenvalue weighted by Crippen LogP contribution is -2.13. The number of para-hydroxylation sites is 1. The lowest BCUT2D eigenvalue weighted by Gasteiger charge is -2.09. The van der Waals surface area contributed by atoms with Crippen LogP contribution in [0.4, 0.5) is 5.69 Å². The van der Waals surface area contributed by atoms with Crippen LogP contribution >= 0.6 is 0 Å². The van der Waals surface area contributed by atoms with E-state index in [1.807, 2.05) is 24.3 Å². The molecule has 0 radical (unpaired) electrons. The van der Waals surface area contributed by atoms with Crippen LogP contribution < -0.4 is 15.8 Å².